The van der Waals surface area contributed by atoms with Crippen molar-refractivity contribution >= 4 is 23.4 Å². The van der Waals surface area contributed by atoms with Crippen LogP contribution in [0.5, 0.6) is 5.88 Å². The van der Waals surface area contributed by atoms with E-state index in [1.54, 1.807) is 16.8 Å². The van der Waals surface area contributed by atoms with Crippen molar-refractivity contribution in [3.63, 3.8) is 0 Å². The smallest absolute Gasteiger partial charge is 0.326 e. The Morgan fingerprint density at radius 1 is 1.24 bits per heavy atom. The molecule has 0 atom stereocenters. The normalized spacial score (nSPS) is 22.1. The number of fused-ring (bicyclic) bond motifs is 1. The van der Waals surface area contributed by atoms with Gasteiger partial charge in [0.05, 0.1) is 12.2 Å². The molecule has 174 valence electrons. The van der Waals surface area contributed by atoms with Crippen LogP contribution >= 0.6 is 0 Å². The summed E-state index contributed by atoms with van der Waals surface area (Å²) in [5.74, 6) is 0.581. The third-order valence-electron chi connectivity index (χ3n) is 6.14. The van der Waals surface area contributed by atoms with Crippen molar-refractivity contribution in [1.82, 2.24) is 29.9 Å². The minimum absolute atomic E-state index is 0.101. The van der Waals surface area contributed by atoms with E-state index in [1.165, 1.54) is 0 Å². The number of aromatic amines is 2. The second-order valence-corrected chi connectivity index (χ2v) is 8.79. The van der Waals surface area contributed by atoms with Gasteiger partial charge < -0.3 is 20.7 Å². The van der Waals surface area contributed by atoms with Gasteiger partial charge in [0.15, 0.2) is 11.1 Å². The number of hydrogen-bond acceptors (Lipinski definition) is 7. The van der Waals surface area contributed by atoms with Crippen molar-refractivity contribution in [3.8, 4) is 5.88 Å². The average molecular weight is 453 g/mol. The van der Waals surface area contributed by atoms with Gasteiger partial charge in [0, 0.05) is 29.8 Å². The Labute approximate surface area is 189 Å². The maximum absolute atomic E-state index is 11.7. The first kappa shape index (κ1) is 21.2. The molecule has 2 aliphatic carbocycles. The second-order valence-electron chi connectivity index (χ2n) is 8.79. The molecule has 0 aliphatic heterocycles. The highest BCUT2D eigenvalue weighted by molar-refractivity contribution is 5.75. The Hall–Kier alpha value is -3.63. The average Bonchev–Trinajstić information content (AvgIpc) is 3.43. The standard InChI is InChI=1S/C22H28N8O3/c1-2-19(31)26-15-7-3-13(4-8-15)24-17-10-18(25-14-5-6-14)30-20(28-17)12(11-23-30)9-16-21(32)29-22(33)27-16/h9-11,13-15,24,32H,2-8H2,1H3,(H,26,31)(H2,27,29,33). The number of imidazole rings is 1. The fraction of sp³-hybridized carbons (Fsp3) is 0.500. The van der Waals surface area contributed by atoms with Gasteiger partial charge in [0.1, 0.15) is 11.5 Å². The van der Waals surface area contributed by atoms with E-state index in [9.17, 15) is 14.7 Å². The monoisotopic (exact) mass is 452 g/mol. The van der Waals surface area contributed by atoms with Crippen LogP contribution in [-0.4, -0.2) is 53.7 Å². The molecule has 1 amide bonds. The SMILES string of the molecule is CCC(=O)NC1CCC(Nc2cc(=NC3CC3)n3ncc(=Cc4[nH]c(=O)[nH]c4O)c3n2)CC1. The molecule has 3 heterocycles. The van der Waals surface area contributed by atoms with Crippen LogP contribution in [0.25, 0.3) is 11.7 Å². The molecule has 0 saturated heterocycles. The summed E-state index contributed by atoms with van der Waals surface area (Å²) in [6, 6.07) is 2.72. The first-order valence-electron chi connectivity index (χ1n) is 11.5. The molecule has 0 bridgehead atoms. The molecule has 0 spiro atoms. The first-order chi connectivity index (χ1) is 16.0. The topological polar surface area (TPSA) is 153 Å². The van der Waals surface area contributed by atoms with Crippen molar-refractivity contribution in [1.29, 1.82) is 0 Å². The highest BCUT2D eigenvalue weighted by atomic mass is 16.3. The Morgan fingerprint density at radius 2 is 2.00 bits per heavy atom. The third kappa shape index (κ3) is 4.76. The van der Waals surface area contributed by atoms with Crippen molar-refractivity contribution in [3.05, 3.63) is 39.1 Å². The van der Waals surface area contributed by atoms with E-state index in [4.69, 9.17) is 9.98 Å². The summed E-state index contributed by atoms with van der Waals surface area (Å²) in [5, 5.41) is 21.6. The molecule has 2 saturated carbocycles. The first-order valence-corrected chi connectivity index (χ1v) is 11.5. The van der Waals surface area contributed by atoms with E-state index in [0.29, 0.717) is 29.1 Å². The number of nitrogens with zero attached hydrogens (tertiary/aromatic N) is 4. The van der Waals surface area contributed by atoms with E-state index in [2.05, 4.69) is 25.7 Å². The van der Waals surface area contributed by atoms with Crippen molar-refractivity contribution in [2.24, 2.45) is 4.99 Å². The molecule has 0 unspecified atom stereocenters. The van der Waals surface area contributed by atoms with Gasteiger partial charge in [0.2, 0.25) is 11.8 Å². The lowest BCUT2D eigenvalue weighted by Crippen LogP contribution is -2.40. The lowest BCUT2D eigenvalue weighted by Gasteiger charge is -2.30. The van der Waals surface area contributed by atoms with Crippen LogP contribution in [0.4, 0.5) is 5.82 Å². The second kappa shape index (κ2) is 8.72. The van der Waals surface area contributed by atoms with E-state index in [1.807, 2.05) is 13.0 Å². The zero-order chi connectivity index (χ0) is 22.9. The molecule has 3 aromatic heterocycles. The van der Waals surface area contributed by atoms with Crippen LogP contribution in [0.15, 0.2) is 22.1 Å². The van der Waals surface area contributed by atoms with Crippen LogP contribution in [0.3, 0.4) is 0 Å². The Morgan fingerprint density at radius 3 is 2.67 bits per heavy atom. The van der Waals surface area contributed by atoms with Crippen LogP contribution in [0, 0.1) is 0 Å². The number of nitrogens with one attached hydrogen (secondary N) is 4. The fourth-order valence-corrected chi connectivity index (χ4v) is 4.19. The summed E-state index contributed by atoms with van der Waals surface area (Å²) in [4.78, 5) is 37.6. The largest absolute Gasteiger partial charge is 0.493 e. The van der Waals surface area contributed by atoms with E-state index in [0.717, 1.165) is 44.0 Å². The highest BCUT2D eigenvalue weighted by Gasteiger charge is 2.23. The quantitative estimate of drug-likeness (QED) is 0.363. The molecule has 0 radical (unpaired) electrons. The van der Waals surface area contributed by atoms with Crippen LogP contribution < -0.4 is 27.0 Å². The molecular weight excluding hydrogens is 424 g/mol. The Bertz CT molecular complexity index is 1340. The summed E-state index contributed by atoms with van der Waals surface area (Å²) in [7, 11) is 0. The van der Waals surface area contributed by atoms with E-state index in [-0.39, 0.29) is 29.6 Å². The van der Waals surface area contributed by atoms with Gasteiger partial charge in [-0.05, 0) is 44.6 Å². The van der Waals surface area contributed by atoms with Crippen molar-refractivity contribution in [2.75, 3.05) is 5.32 Å². The number of H-pyrrole nitrogens is 2. The minimum Gasteiger partial charge on any atom is -0.493 e. The summed E-state index contributed by atoms with van der Waals surface area (Å²) in [6.07, 6.45) is 9.65. The number of hydrogen-bond donors (Lipinski definition) is 5. The molecular formula is C22H28N8O3. The van der Waals surface area contributed by atoms with E-state index >= 15 is 0 Å². The third-order valence-corrected chi connectivity index (χ3v) is 6.14. The highest BCUT2D eigenvalue weighted by Crippen LogP contribution is 2.23. The molecule has 2 fully saturated rings. The lowest BCUT2D eigenvalue weighted by atomic mass is 9.91. The van der Waals surface area contributed by atoms with Gasteiger partial charge in [-0.15, -0.1) is 0 Å². The van der Waals surface area contributed by atoms with Crippen molar-refractivity contribution in [2.45, 2.75) is 70.0 Å². The van der Waals surface area contributed by atoms with Gasteiger partial charge in [-0.2, -0.15) is 9.61 Å². The number of carbonyl (C=O) groups excluding carboxylic acids is 1. The van der Waals surface area contributed by atoms with Gasteiger partial charge in [-0.1, -0.05) is 6.92 Å². The summed E-state index contributed by atoms with van der Waals surface area (Å²) in [6.45, 7) is 1.87. The predicted octanol–water partition coefficient (Wildman–Crippen LogP) is 0.311. The fourth-order valence-electron chi connectivity index (χ4n) is 4.19. The number of aromatic hydroxyl groups is 1. The maximum Gasteiger partial charge on any atom is 0.326 e. The molecule has 33 heavy (non-hydrogen) atoms. The number of amides is 1. The summed E-state index contributed by atoms with van der Waals surface area (Å²) in [5.41, 5.74) is 1.09. The Balaban J connectivity index is 1.44. The van der Waals surface area contributed by atoms with E-state index < -0.39 is 5.69 Å². The van der Waals surface area contributed by atoms with Gasteiger partial charge in [-0.25, -0.2) is 9.78 Å². The number of aromatic nitrogens is 5. The van der Waals surface area contributed by atoms with Gasteiger partial charge in [0.25, 0.3) is 0 Å². The number of carbonyl (C=O) groups is 1. The number of rotatable bonds is 6. The molecule has 3 aromatic rings. The van der Waals surface area contributed by atoms with Crippen molar-refractivity contribution < 1.29 is 9.90 Å². The molecule has 5 N–H and O–H groups in total. The predicted molar refractivity (Wildman–Crippen MR) is 122 cm³/mol. The van der Waals surface area contributed by atoms with Crippen LogP contribution in [-0.2, 0) is 4.79 Å². The maximum atomic E-state index is 11.7. The van der Waals surface area contributed by atoms with Crippen LogP contribution in [0.2, 0.25) is 0 Å². The minimum atomic E-state index is -0.485. The molecule has 11 heteroatoms. The molecule has 0 aromatic carbocycles. The lowest BCUT2D eigenvalue weighted by molar-refractivity contribution is -0.121. The van der Waals surface area contributed by atoms with Gasteiger partial charge in [-0.3, -0.25) is 14.8 Å². The molecule has 5 rings (SSSR count). The zero-order valence-electron chi connectivity index (χ0n) is 18.5. The zero-order valence-corrected chi connectivity index (χ0v) is 18.5. The molecule has 11 nitrogen and oxygen atoms in total. The van der Waals surface area contributed by atoms with Crippen LogP contribution in [0.1, 0.15) is 57.6 Å². The summed E-state index contributed by atoms with van der Waals surface area (Å²) < 4.78 is 1.69. The Kier molecular flexibility index (Phi) is 5.61. The summed E-state index contributed by atoms with van der Waals surface area (Å²) >= 11 is 0. The van der Waals surface area contributed by atoms with Gasteiger partial charge >= 0.3 is 5.69 Å². The number of anilines is 1. The molecule has 2 aliphatic rings.